The average Bonchev–Trinajstić information content (AvgIpc) is 3.24. The molecule has 8 nitrogen and oxygen atoms in total. The predicted molar refractivity (Wildman–Crippen MR) is 111 cm³/mol. The van der Waals surface area contributed by atoms with Crippen LogP contribution in [0.2, 0.25) is 0 Å². The molecular formula is C19H22N4O4S2. The van der Waals surface area contributed by atoms with Crippen molar-refractivity contribution in [3.8, 4) is 11.4 Å². The molecule has 0 aliphatic carbocycles. The highest BCUT2D eigenvalue weighted by Gasteiger charge is 2.16. The van der Waals surface area contributed by atoms with E-state index in [1.54, 1.807) is 18.4 Å². The van der Waals surface area contributed by atoms with Crippen molar-refractivity contribution in [2.45, 2.75) is 18.5 Å². The molecule has 0 saturated heterocycles. The number of Topliss-reactive ketones (excluding diaryl/α,β-unsaturated/α-hetero) is 1. The number of sulfonamides is 1. The number of furan rings is 1. The molecule has 0 amide bonds. The van der Waals surface area contributed by atoms with E-state index in [1.165, 1.54) is 11.8 Å². The summed E-state index contributed by atoms with van der Waals surface area (Å²) in [6.45, 7) is 2.19. The van der Waals surface area contributed by atoms with Gasteiger partial charge in [-0.15, -0.1) is 10.2 Å². The molecule has 154 valence electrons. The predicted octanol–water partition coefficient (Wildman–Crippen LogP) is 2.45. The van der Waals surface area contributed by atoms with Gasteiger partial charge in [-0.05, 0) is 25.0 Å². The third kappa shape index (κ3) is 5.55. The fraction of sp³-hybridized carbons (Fsp3) is 0.316. The summed E-state index contributed by atoms with van der Waals surface area (Å²) < 4.78 is 31.8. The molecule has 0 aliphatic heterocycles. The molecule has 0 aliphatic rings. The van der Waals surface area contributed by atoms with Crippen molar-refractivity contribution in [1.82, 2.24) is 19.5 Å². The van der Waals surface area contributed by atoms with E-state index in [0.29, 0.717) is 29.5 Å². The van der Waals surface area contributed by atoms with Gasteiger partial charge in [0.1, 0.15) is 5.76 Å². The monoisotopic (exact) mass is 434 g/mol. The van der Waals surface area contributed by atoms with E-state index in [9.17, 15) is 13.2 Å². The molecule has 0 atom stereocenters. The SMILES string of the molecule is Cc1occc1-c1nnc(SCC(=O)c2ccc(CCNS(C)(=O)=O)cc2)n1C. The van der Waals surface area contributed by atoms with Crippen molar-refractivity contribution in [3.05, 3.63) is 53.5 Å². The van der Waals surface area contributed by atoms with Crippen LogP contribution in [-0.4, -0.2) is 47.5 Å². The molecule has 3 rings (SSSR count). The molecule has 10 heteroatoms. The van der Waals surface area contributed by atoms with E-state index in [4.69, 9.17) is 4.42 Å². The number of hydrogen-bond donors (Lipinski definition) is 1. The van der Waals surface area contributed by atoms with E-state index in [0.717, 1.165) is 23.1 Å². The van der Waals surface area contributed by atoms with Gasteiger partial charge in [-0.3, -0.25) is 4.79 Å². The summed E-state index contributed by atoms with van der Waals surface area (Å²) in [5.41, 5.74) is 2.43. The maximum atomic E-state index is 12.5. The van der Waals surface area contributed by atoms with Crippen molar-refractivity contribution in [2.75, 3.05) is 18.6 Å². The Morgan fingerprint density at radius 2 is 1.93 bits per heavy atom. The Morgan fingerprint density at radius 3 is 2.55 bits per heavy atom. The number of aromatic nitrogens is 3. The molecule has 0 unspecified atom stereocenters. The first-order valence-electron chi connectivity index (χ1n) is 8.88. The second-order valence-electron chi connectivity index (χ2n) is 6.58. The van der Waals surface area contributed by atoms with Crippen molar-refractivity contribution in [3.63, 3.8) is 0 Å². The Bertz CT molecular complexity index is 1100. The Kier molecular flexibility index (Phi) is 6.56. The first kappa shape index (κ1) is 21.3. The van der Waals surface area contributed by atoms with Gasteiger partial charge in [0.2, 0.25) is 10.0 Å². The number of thioether (sulfide) groups is 1. The molecule has 0 bridgehead atoms. The van der Waals surface area contributed by atoms with Gasteiger partial charge < -0.3 is 8.98 Å². The quantitative estimate of drug-likeness (QED) is 0.407. The van der Waals surface area contributed by atoms with Gasteiger partial charge in [0.05, 0.1) is 23.8 Å². The van der Waals surface area contributed by atoms with Gasteiger partial charge in [0, 0.05) is 19.2 Å². The zero-order valence-corrected chi connectivity index (χ0v) is 18.0. The summed E-state index contributed by atoms with van der Waals surface area (Å²) in [5.74, 6) is 1.68. The van der Waals surface area contributed by atoms with Crippen molar-refractivity contribution < 1.29 is 17.6 Å². The van der Waals surface area contributed by atoms with E-state index in [-0.39, 0.29) is 11.5 Å². The van der Waals surface area contributed by atoms with Crippen LogP contribution in [0.1, 0.15) is 21.7 Å². The van der Waals surface area contributed by atoms with Crippen LogP contribution >= 0.6 is 11.8 Å². The number of aryl methyl sites for hydroxylation is 1. The molecule has 2 heterocycles. The van der Waals surface area contributed by atoms with E-state index < -0.39 is 10.0 Å². The van der Waals surface area contributed by atoms with Crippen LogP contribution in [0.5, 0.6) is 0 Å². The van der Waals surface area contributed by atoms with Gasteiger partial charge in [-0.25, -0.2) is 13.1 Å². The Hall–Kier alpha value is -2.43. The molecule has 0 saturated carbocycles. The Labute approximate surface area is 173 Å². The number of ketones is 1. The van der Waals surface area contributed by atoms with Crippen LogP contribution in [0.15, 0.2) is 46.2 Å². The fourth-order valence-electron chi connectivity index (χ4n) is 2.74. The van der Waals surface area contributed by atoms with Crippen molar-refractivity contribution in [1.29, 1.82) is 0 Å². The number of hydrogen-bond acceptors (Lipinski definition) is 7. The number of benzene rings is 1. The van der Waals surface area contributed by atoms with Gasteiger partial charge in [-0.2, -0.15) is 0 Å². The van der Waals surface area contributed by atoms with Gasteiger partial charge >= 0.3 is 0 Å². The highest BCUT2D eigenvalue weighted by molar-refractivity contribution is 7.99. The minimum Gasteiger partial charge on any atom is -0.469 e. The summed E-state index contributed by atoms with van der Waals surface area (Å²) >= 11 is 1.33. The van der Waals surface area contributed by atoms with Crippen LogP contribution in [0.4, 0.5) is 0 Å². The average molecular weight is 435 g/mol. The van der Waals surface area contributed by atoms with Crippen molar-refractivity contribution in [2.24, 2.45) is 7.05 Å². The summed E-state index contributed by atoms with van der Waals surface area (Å²) in [6.07, 6.45) is 3.30. The zero-order valence-electron chi connectivity index (χ0n) is 16.4. The number of nitrogens with one attached hydrogen (secondary N) is 1. The Balaban J connectivity index is 1.57. The first-order valence-corrected chi connectivity index (χ1v) is 11.8. The van der Waals surface area contributed by atoms with Gasteiger partial charge in [0.15, 0.2) is 16.8 Å². The van der Waals surface area contributed by atoms with Crippen LogP contribution in [0.3, 0.4) is 0 Å². The topological polar surface area (TPSA) is 107 Å². The smallest absolute Gasteiger partial charge is 0.208 e. The standard InChI is InChI=1S/C19H22N4O4S2/c1-13-16(9-11-27-13)18-21-22-19(23(18)2)28-12-17(24)15-6-4-14(5-7-15)8-10-20-29(3,25)26/h4-7,9,11,20H,8,10,12H2,1-3H3. The maximum Gasteiger partial charge on any atom is 0.208 e. The second-order valence-corrected chi connectivity index (χ2v) is 9.36. The molecule has 1 N–H and O–H groups in total. The van der Waals surface area contributed by atoms with Crippen LogP contribution in [0.25, 0.3) is 11.4 Å². The normalized spacial score (nSPS) is 11.7. The highest BCUT2D eigenvalue weighted by Crippen LogP contribution is 2.26. The third-order valence-corrected chi connectivity index (χ3v) is 6.07. The zero-order chi connectivity index (χ0) is 21.0. The largest absolute Gasteiger partial charge is 0.469 e. The summed E-state index contributed by atoms with van der Waals surface area (Å²) in [7, 11) is -1.34. The molecule has 0 radical (unpaired) electrons. The second kappa shape index (κ2) is 8.93. The lowest BCUT2D eigenvalue weighted by Crippen LogP contribution is -2.24. The van der Waals surface area contributed by atoms with Crippen molar-refractivity contribution >= 4 is 27.6 Å². The lowest BCUT2D eigenvalue weighted by Gasteiger charge is -2.05. The van der Waals surface area contributed by atoms with E-state index in [1.807, 2.05) is 36.7 Å². The number of rotatable bonds is 9. The first-order chi connectivity index (χ1) is 13.7. The summed E-state index contributed by atoms with van der Waals surface area (Å²) in [4.78, 5) is 12.5. The number of carbonyl (C=O) groups is 1. The molecule has 29 heavy (non-hydrogen) atoms. The molecule has 1 aromatic carbocycles. The lowest BCUT2D eigenvalue weighted by molar-refractivity contribution is 0.102. The van der Waals surface area contributed by atoms with Crippen LogP contribution in [-0.2, 0) is 23.5 Å². The Morgan fingerprint density at radius 1 is 1.21 bits per heavy atom. The third-order valence-electron chi connectivity index (χ3n) is 4.32. The number of nitrogens with zero attached hydrogens (tertiary/aromatic N) is 3. The maximum absolute atomic E-state index is 12.5. The molecule has 3 aromatic rings. The minimum absolute atomic E-state index is 0.0140. The lowest BCUT2D eigenvalue weighted by atomic mass is 10.1. The molecule has 2 aromatic heterocycles. The fourth-order valence-corrected chi connectivity index (χ4v) is 4.02. The van der Waals surface area contributed by atoms with Crippen LogP contribution in [0, 0.1) is 6.92 Å². The molecular weight excluding hydrogens is 412 g/mol. The van der Waals surface area contributed by atoms with E-state index >= 15 is 0 Å². The van der Waals surface area contributed by atoms with Gasteiger partial charge in [-0.1, -0.05) is 36.0 Å². The highest BCUT2D eigenvalue weighted by atomic mass is 32.2. The van der Waals surface area contributed by atoms with Gasteiger partial charge in [0.25, 0.3) is 0 Å². The summed E-state index contributed by atoms with van der Waals surface area (Å²) in [5, 5.41) is 9.02. The van der Waals surface area contributed by atoms with Crippen LogP contribution < -0.4 is 4.72 Å². The minimum atomic E-state index is -3.19. The molecule has 0 spiro atoms. The number of carbonyl (C=O) groups excluding carboxylic acids is 1. The van der Waals surface area contributed by atoms with E-state index in [2.05, 4.69) is 14.9 Å². The summed E-state index contributed by atoms with van der Waals surface area (Å²) in [6, 6.07) is 9.03. The molecule has 0 fully saturated rings.